The second-order valence-corrected chi connectivity index (χ2v) is 4.15. The monoisotopic (exact) mass is 266 g/mol. The van der Waals surface area contributed by atoms with Crippen molar-refractivity contribution in [2.24, 2.45) is 0 Å². The van der Waals surface area contributed by atoms with Crippen LogP contribution < -0.4 is 5.32 Å². The fraction of sp³-hybridized carbons (Fsp3) is 0.214. The molecule has 0 radical (unpaired) electrons. The third-order valence-corrected chi connectivity index (χ3v) is 2.77. The van der Waals surface area contributed by atoms with Crippen LogP contribution in [-0.4, -0.2) is 12.0 Å². The molecule has 1 heterocycles. The van der Waals surface area contributed by atoms with E-state index in [1.807, 2.05) is 7.05 Å². The van der Waals surface area contributed by atoms with Crippen LogP contribution in [0.1, 0.15) is 11.1 Å². The molecule has 5 heteroatoms. The summed E-state index contributed by atoms with van der Waals surface area (Å²) in [6, 6.07) is 7.96. The molecule has 0 amide bonds. The van der Waals surface area contributed by atoms with Gasteiger partial charge in [0.25, 0.3) is 0 Å². The van der Waals surface area contributed by atoms with Crippen LogP contribution in [-0.2, 0) is 12.7 Å². The minimum Gasteiger partial charge on any atom is -0.316 e. The zero-order valence-corrected chi connectivity index (χ0v) is 10.3. The van der Waals surface area contributed by atoms with Crippen molar-refractivity contribution in [2.75, 3.05) is 7.05 Å². The van der Waals surface area contributed by atoms with E-state index in [4.69, 9.17) is 0 Å². The van der Waals surface area contributed by atoms with Gasteiger partial charge in [0.15, 0.2) is 0 Å². The van der Waals surface area contributed by atoms with Crippen molar-refractivity contribution >= 4 is 0 Å². The molecule has 2 rings (SSSR count). The van der Waals surface area contributed by atoms with Gasteiger partial charge < -0.3 is 5.32 Å². The highest BCUT2D eigenvalue weighted by atomic mass is 19.4. The number of hydrogen-bond acceptors (Lipinski definition) is 2. The Labute approximate surface area is 109 Å². The fourth-order valence-corrected chi connectivity index (χ4v) is 1.88. The highest BCUT2D eigenvalue weighted by molar-refractivity contribution is 5.67. The van der Waals surface area contributed by atoms with Crippen molar-refractivity contribution in [2.45, 2.75) is 12.7 Å². The Kier molecular flexibility index (Phi) is 3.85. The standard InChI is InChI=1S/C14H13F3N2/c1-18-8-10-2-4-11(5-3-10)12-9-19-7-6-13(12)14(15,16)17/h2-7,9,18H,8H2,1H3. The molecule has 19 heavy (non-hydrogen) atoms. The second kappa shape index (κ2) is 5.40. The number of pyridine rings is 1. The summed E-state index contributed by atoms with van der Waals surface area (Å²) in [4.78, 5) is 3.78. The molecule has 0 fully saturated rings. The number of nitrogens with one attached hydrogen (secondary N) is 1. The third kappa shape index (κ3) is 3.12. The number of rotatable bonds is 3. The van der Waals surface area contributed by atoms with Crippen LogP contribution in [0.2, 0.25) is 0 Å². The van der Waals surface area contributed by atoms with Gasteiger partial charge in [0, 0.05) is 24.5 Å². The maximum Gasteiger partial charge on any atom is 0.417 e. The first-order chi connectivity index (χ1) is 9.02. The van der Waals surface area contributed by atoms with Crippen LogP contribution >= 0.6 is 0 Å². The first-order valence-corrected chi connectivity index (χ1v) is 5.77. The van der Waals surface area contributed by atoms with E-state index in [9.17, 15) is 13.2 Å². The Hall–Kier alpha value is -1.88. The van der Waals surface area contributed by atoms with Gasteiger partial charge in [-0.15, -0.1) is 0 Å². The molecule has 1 N–H and O–H groups in total. The van der Waals surface area contributed by atoms with Gasteiger partial charge in [-0.1, -0.05) is 24.3 Å². The van der Waals surface area contributed by atoms with Crippen LogP contribution in [0.5, 0.6) is 0 Å². The first-order valence-electron chi connectivity index (χ1n) is 5.77. The Morgan fingerprint density at radius 2 is 1.79 bits per heavy atom. The number of halogens is 3. The van der Waals surface area contributed by atoms with E-state index in [0.29, 0.717) is 12.1 Å². The minimum atomic E-state index is -4.37. The van der Waals surface area contributed by atoms with Crippen molar-refractivity contribution in [1.29, 1.82) is 0 Å². The number of nitrogens with zero attached hydrogens (tertiary/aromatic N) is 1. The topological polar surface area (TPSA) is 24.9 Å². The molecule has 0 saturated heterocycles. The Balaban J connectivity index is 2.42. The molecule has 1 aromatic heterocycles. The number of benzene rings is 1. The Morgan fingerprint density at radius 1 is 1.11 bits per heavy atom. The van der Waals surface area contributed by atoms with Crippen molar-refractivity contribution in [1.82, 2.24) is 10.3 Å². The molecule has 0 aliphatic carbocycles. The van der Waals surface area contributed by atoms with Crippen LogP contribution in [0.4, 0.5) is 13.2 Å². The van der Waals surface area contributed by atoms with Gasteiger partial charge in [-0.05, 0) is 24.2 Å². The predicted octanol–water partition coefficient (Wildman–Crippen LogP) is 3.49. The molecule has 1 aromatic carbocycles. The molecule has 0 aliphatic heterocycles. The average Bonchev–Trinajstić information content (AvgIpc) is 2.39. The lowest BCUT2D eigenvalue weighted by Crippen LogP contribution is -2.07. The molecule has 0 aliphatic rings. The second-order valence-electron chi connectivity index (χ2n) is 4.15. The van der Waals surface area contributed by atoms with Crippen LogP contribution in [0, 0.1) is 0 Å². The van der Waals surface area contributed by atoms with Gasteiger partial charge in [-0.2, -0.15) is 13.2 Å². The maximum absolute atomic E-state index is 12.9. The molecule has 2 aromatic rings. The lowest BCUT2D eigenvalue weighted by molar-refractivity contribution is -0.137. The molecular weight excluding hydrogens is 253 g/mol. The number of hydrogen-bond donors (Lipinski definition) is 1. The smallest absolute Gasteiger partial charge is 0.316 e. The molecule has 2 nitrogen and oxygen atoms in total. The quantitative estimate of drug-likeness (QED) is 0.919. The summed E-state index contributed by atoms with van der Waals surface area (Å²) in [7, 11) is 1.82. The van der Waals surface area contributed by atoms with Crippen molar-refractivity contribution < 1.29 is 13.2 Å². The predicted molar refractivity (Wildman–Crippen MR) is 67.4 cm³/mol. The van der Waals surface area contributed by atoms with E-state index in [-0.39, 0.29) is 5.56 Å². The zero-order valence-electron chi connectivity index (χ0n) is 10.3. The van der Waals surface area contributed by atoms with Gasteiger partial charge in [-0.3, -0.25) is 4.98 Å². The summed E-state index contributed by atoms with van der Waals surface area (Å²) in [5, 5.41) is 2.99. The molecule has 0 saturated carbocycles. The van der Waals surface area contributed by atoms with E-state index in [0.717, 1.165) is 17.8 Å². The first kappa shape index (κ1) is 13.5. The van der Waals surface area contributed by atoms with E-state index >= 15 is 0 Å². The summed E-state index contributed by atoms with van der Waals surface area (Å²) in [5.41, 5.74) is 0.971. The van der Waals surface area contributed by atoms with E-state index in [2.05, 4.69) is 10.3 Å². The molecule has 0 atom stereocenters. The summed E-state index contributed by atoms with van der Waals surface area (Å²) < 4.78 is 38.7. The lowest BCUT2D eigenvalue weighted by atomic mass is 10.0. The summed E-state index contributed by atoms with van der Waals surface area (Å²) in [6.45, 7) is 0.680. The van der Waals surface area contributed by atoms with Crippen LogP contribution in [0.25, 0.3) is 11.1 Å². The number of aromatic nitrogens is 1. The molecule has 100 valence electrons. The van der Waals surface area contributed by atoms with Gasteiger partial charge in [-0.25, -0.2) is 0 Å². The third-order valence-electron chi connectivity index (χ3n) is 2.77. The van der Waals surface area contributed by atoms with Gasteiger partial charge in [0.1, 0.15) is 0 Å². The average molecular weight is 266 g/mol. The Morgan fingerprint density at radius 3 is 2.37 bits per heavy atom. The van der Waals surface area contributed by atoms with Crippen LogP contribution in [0.3, 0.4) is 0 Å². The highest BCUT2D eigenvalue weighted by Crippen LogP contribution is 2.36. The zero-order chi connectivity index (χ0) is 13.9. The van der Waals surface area contributed by atoms with E-state index < -0.39 is 11.7 Å². The van der Waals surface area contributed by atoms with Gasteiger partial charge in [0.2, 0.25) is 0 Å². The molecule has 0 bridgehead atoms. The van der Waals surface area contributed by atoms with Crippen molar-refractivity contribution in [3.05, 3.63) is 53.9 Å². The van der Waals surface area contributed by atoms with Crippen LogP contribution in [0.15, 0.2) is 42.7 Å². The minimum absolute atomic E-state index is 0.103. The fourth-order valence-electron chi connectivity index (χ4n) is 1.88. The van der Waals surface area contributed by atoms with Crippen molar-refractivity contribution in [3.8, 4) is 11.1 Å². The maximum atomic E-state index is 12.9. The number of alkyl halides is 3. The van der Waals surface area contributed by atoms with E-state index in [1.54, 1.807) is 24.3 Å². The normalized spacial score (nSPS) is 11.6. The highest BCUT2D eigenvalue weighted by Gasteiger charge is 2.33. The summed E-state index contributed by atoms with van der Waals surface area (Å²) >= 11 is 0. The molecular formula is C14H13F3N2. The van der Waals surface area contributed by atoms with Gasteiger partial charge in [0.05, 0.1) is 5.56 Å². The van der Waals surface area contributed by atoms with Crippen molar-refractivity contribution in [3.63, 3.8) is 0 Å². The van der Waals surface area contributed by atoms with E-state index in [1.165, 1.54) is 6.20 Å². The SMILES string of the molecule is CNCc1ccc(-c2cnccc2C(F)(F)F)cc1. The van der Waals surface area contributed by atoms with Gasteiger partial charge >= 0.3 is 6.18 Å². The summed E-state index contributed by atoms with van der Waals surface area (Å²) in [5.74, 6) is 0. The molecule has 0 unspecified atom stereocenters. The molecule has 0 spiro atoms. The largest absolute Gasteiger partial charge is 0.417 e. The lowest BCUT2D eigenvalue weighted by Gasteiger charge is -2.12. The Bertz CT molecular complexity index is 547. The summed E-state index contributed by atoms with van der Waals surface area (Å²) in [6.07, 6.45) is -1.97.